The summed E-state index contributed by atoms with van der Waals surface area (Å²) in [5, 5.41) is 20.6. The molecule has 17 heavy (non-hydrogen) atoms. The fraction of sp³-hybridized carbons (Fsp3) is 0. The fourth-order valence-corrected chi connectivity index (χ4v) is 1.61. The van der Waals surface area contributed by atoms with E-state index in [2.05, 4.69) is 20.5 Å². The molecule has 0 saturated carbocycles. The molecule has 0 spiro atoms. The average Bonchev–Trinajstić information content (AvgIpc) is 2.86. The van der Waals surface area contributed by atoms with Crippen LogP contribution in [-0.2, 0) is 0 Å². The molecule has 0 amide bonds. The maximum absolute atomic E-state index is 8.85. The van der Waals surface area contributed by atoms with Gasteiger partial charge in [0, 0.05) is 5.39 Å². The van der Waals surface area contributed by atoms with Crippen LogP contribution in [0.1, 0.15) is 5.82 Å². The quantitative estimate of drug-likeness (QED) is 0.615. The first kappa shape index (κ1) is 9.42. The SMILES string of the molecule is N#Cc1nnnn1-c1cnc2ccccc2c1. The molecule has 0 aliphatic heterocycles. The largest absolute Gasteiger partial charge is 0.257 e. The van der Waals surface area contributed by atoms with Crippen LogP contribution in [0.15, 0.2) is 36.5 Å². The minimum absolute atomic E-state index is 0.141. The summed E-state index contributed by atoms with van der Waals surface area (Å²) in [7, 11) is 0. The van der Waals surface area contributed by atoms with Crippen LogP contribution in [-0.4, -0.2) is 25.2 Å². The maximum Gasteiger partial charge on any atom is 0.257 e. The number of nitriles is 1. The normalized spacial score (nSPS) is 10.3. The van der Waals surface area contributed by atoms with Crippen molar-refractivity contribution in [2.75, 3.05) is 0 Å². The highest BCUT2D eigenvalue weighted by Crippen LogP contribution is 2.15. The molecule has 0 bridgehead atoms. The summed E-state index contributed by atoms with van der Waals surface area (Å²) in [6, 6.07) is 11.5. The lowest BCUT2D eigenvalue weighted by molar-refractivity contribution is 0.784. The van der Waals surface area contributed by atoms with Gasteiger partial charge < -0.3 is 0 Å². The number of nitrogens with zero attached hydrogens (tertiary/aromatic N) is 6. The second-order valence-corrected chi connectivity index (χ2v) is 3.41. The van der Waals surface area contributed by atoms with Crippen LogP contribution in [0.3, 0.4) is 0 Å². The Kier molecular flexibility index (Phi) is 2.02. The summed E-state index contributed by atoms with van der Waals surface area (Å²) >= 11 is 0. The summed E-state index contributed by atoms with van der Waals surface area (Å²) in [5.41, 5.74) is 1.56. The Hall–Kier alpha value is -2.81. The molecule has 0 N–H and O–H groups in total. The van der Waals surface area contributed by atoms with Gasteiger partial charge in [0.2, 0.25) is 0 Å². The number of tetrazole rings is 1. The number of benzene rings is 1. The van der Waals surface area contributed by atoms with Crippen molar-refractivity contribution >= 4 is 10.9 Å². The van der Waals surface area contributed by atoms with Crippen molar-refractivity contribution in [2.45, 2.75) is 0 Å². The predicted octanol–water partition coefficient (Wildman–Crippen LogP) is 1.08. The van der Waals surface area contributed by atoms with E-state index in [9.17, 15) is 0 Å². The second kappa shape index (κ2) is 3.64. The molecule has 3 aromatic rings. The lowest BCUT2D eigenvalue weighted by Crippen LogP contribution is -2.00. The Balaban J connectivity index is 2.22. The summed E-state index contributed by atoms with van der Waals surface area (Å²) in [6.07, 6.45) is 1.64. The van der Waals surface area contributed by atoms with E-state index in [1.54, 1.807) is 6.20 Å². The van der Waals surface area contributed by atoms with Crippen molar-refractivity contribution in [2.24, 2.45) is 0 Å². The van der Waals surface area contributed by atoms with Gasteiger partial charge in [-0.15, -0.1) is 0 Å². The van der Waals surface area contributed by atoms with Crippen LogP contribution < -0.4 is 0 Å². The van der Waals surface area contributed by atoms with Gasteiger partial charge >= 0.3 is 0 Å². The van der Waals surface area contributed by atoms with Crippen molar-refractivity contribution < 1.29 is 0 Å². The Labute approximate surface area is 96.1 Å². The van der Waals surface area contributed by atoms with Gasteiger partial charge in [0.1, 0.15) is 6.07 Å². The van der Waals surface area contributed by atoms with Crippen molar-refractivity contribution in [3.05, 3.63) is 42.4 Å². The molecule has 6 heteroatoms. The third-order valence-electron chi connectivity index (χ3n) is 2.39. The summed E-state index contributed by atoms with van der Waals surface area (Å²) in [4.78, 5) is 4.29. The zero-order valence-corrected chi connectivity index (χ0v) is 8.65. The molecule has 0 atom stereocenters. The zero-order valence-electron chi connectivity index (χ0n) is 8.65. The van der Waals surface area contributed by atoms with Crippen molar-refractivity contribution in [1.82, 2.24) is 25.2 Å². The molecule has 0 aliphatic rings. The number of fused-ring (bicyclic) bond motifs is 1. The Morgan fingerprint density at radius 2 is 2.12 bits per heavy atom. The molecule has 0 fully saturated rings. The molecule has 80 valence electrons. The topological polar surface area (TPSA) is 80.3 Å². The van der Waals surface area contributed by atoms with Gasteiger partial charge in [-0.1, -0.05) is 23.3 Å². The average molecular weight is 222 g/mol. The van der Waals surface area contributed by atoms with Crippen LogP contribution >= 0.6 is 0 Å². The minimum Gasteiger partial charge on any atom is -0.254 e. The third-order valence-corrected chi connectivity index (χ3v) is 2.39. The highest BCUT2D eigenvalue weighted by molar-refractivity contribution is 5.80. The monoisotopic (exact) mass is 222 g/mol. The van der Waals surface area contributed by atoms with E-state index in [-0.39, 0.29) is 5.82 Å². The van der Waals surface area contributed by atoms with Crippen LogP contribution in [0.2, 0.25) is 0 Å². The van der Waals surface area contributed by atoms with E-state index >= 15 is 0 Å². The number of hydrogen-bond acceptors (Lipinski definition) is 5. The molecule has 2 aromatic heterocycles. The van der Waals surface area contributed by atoms with Crippen LogP contribution in [0.5, 0.6) is 0 Å². The zero-order chi connectivity index (χ0) is 11.7. The van der Waals surface area contributed by atoms with Crippen molar-refractivity contribution in [1.29, 1.82) is 5.26 Å². The first-order chi connectivity index (χ1) is 8.38. The lowest BCUT2D eigenvalue weighted by Gasteiger charge is -2.01. The van der Waals surface area contributed by atoms with E-state index in [0.29, 0.717) is 5.69 Å². The van der Waals surface area contributed by atoms with Gasteiger partial charge in [0.25, 0.3) is 5.82 Å². The second-order valence-electron chi connectivity index (χ2n) is 3.41. The van der Waals surface area contributed by atoms with E-state index in [0.717, 1.165) is 10.9 Å². The predicted molar refractivity (Wildman–Crippen MR) is 59.2 cm³/mol. The highest BCUT2D eigenvalue weighted by atomic mass is 15.5. The van der Waals surface area contributed by atoms with Gasteiger partial charge in [-0.05, 0) is 22.6 Å². The van der Waals surface area contributed by atoms with Gasteiger partial charge in [-0.25, -0.2) is 0 Å². The van der Waals surface area contributed by atoms with Crippen LogP contribution in [0.25, 0.3) is 16.6 Å². The van der Waals surface area contributed by atoms with E-state index in [4.69, 9.17) is 5.26 Å². The molecular formula is C11H6N6. The van der Waals surface area contributed by atoms with E-state index in [1.807, 2.05) is 36.4 Å². The van der Waals surface area contributed by atoms with Crippen molar-refractivity contribution in [3.8, 4) is 11.8 Å². The van der Waals surface area contributed by atoms with Crippen LogP contribution in [0, 0.1) is 11.3 Å². The van der Waals surface area contributed by atoms with Gasteiger partial charge in [-0.2, -0.15) is 9.94 Å². The van der Waals surface area contributed by atoms with E-state index < -0.39 is 0 Å². The third kappa shape index (κ3) is 1.50. The van der Waals surface area contributed by atoms with Gasteiger partial charge in [0.15, 0.2) is 0 Å². The standard InChI is InChI=1S/C11H6N6/c12-6-11-14-15-16-17(11)9-5-8-3-1-2-4-10(8)13-7-9/h1-5,7H. The number of pyridine rings is 1. The summed E-state index contributed by atoms with van der Waals surface area (Å²) in [5.74, 6) is 0.141. The molecular weight excluding hydrogens is 216 g/mol. The fourth-order valence-electron chi connectivity index (χ4n) is 1.61. The minimum atomic E-state index is 0.141. The number of aromatic nitrogens is 5. The Bertz CT molecular complexity index is 724. The molecule has 0 saturated heterocycles. The maximum atomic E-state index is 8.85. The van der Waals surface area contributed by atoms with Gasteiger partial charge in [-0.3, -0.25) is 4.98 Å². The number of para-hydroxylation sites is 1. The first-order valence-electron chi connectivity index (χ1n) is 4.92. The molecule has 1 aromatic carbocycles. The molecule has 0 radical (unpaired) electrons. The molecule has 3 rings (SSSR count). The molecule has 0 unspecified atom stereocenters. The number of hydrogen-bond donors (Lipinski definition) is 0. The first-order valence-corrected chi connectivity index (χ1v) is 4.92. The summed E-state index contributed by atoms with van der Waals surface area (Å²) in [6.45, 7) is 0. The summed E-state index contributed by atoms with van der Waals surface area (Å²) < 4.78 is 1.36. The molecule has 6 nitrogen and oxygen atoms in total. The van der Waals surface area contributed by atoms with Gasteiger partial charge in [0.05, 0.1) is 17.4 Å². The smallest absolute Gasteiger partial charge is 0.254 e. The molecule has 2 heterocycles. The molecule has 0 aliphatic carbocycles. The lowest BCUT2D eigenvalue weighted by atomic mass is 10.2. The highest BCUT2D eigenvalue weighted by Gasteiger charge is 2.07. The van der Waals surface area contributed by atoms with Crippen molar-refractivity contribution in [3.63, 3.8) is 0 Å². The Morgan fingerprint density at radius 1 is 1.24 bits per heavy atom. The van der Waals surface area contributed by atoms with E-state index in [1.165, 1.54) is 4.68 Å². The number of rotatable bonds is 1. The Morgan fingerprint density at radius 3 is 3.00 bits per heavy atom. The van der Waals surface area contributed by atoms with Crippen LogP contribution in [0.4, 0.5) is 0 Å².